The highest BCUT2D eigenvalue weighted by molar-refractivity contribution is 5.80. The Morgan fingerprint density at radius 1 is 1.38 bits per heavy atom. The van der Waals surface area contributed by atoms with E-state index in [-0.39, 0.29) is 5.92 Å². The van der Waals surface area contributed by atoms with Crippen LogP contribution >= 0.6 is 0 Å². The number of nitrogens with one attached hydrogen (secondary N) is 1. The molecule has 2 rings (SSSR count). The van der Waals surface area contributed by atoms with Crippen LogP contribution in [0.5, 0.6) is 0 Å². The molecular formula is C11H10N2. The summed E-state index contributed by atoms with van der Waals surface area (Å²) in [5.74, 6) is -0.0626. The first kappa shape index (κ1) is 7.88. The Balaban J connectivity index is 2.57. The zero-order chi connectivity index (χ0) is 9.26. The maximum Gasteiger partial charge on any atom is 0.0834 e. The lowest BCUT2D eigenvalue weighted by atomic mass is 10.1. The monoisotopic (exact) mass is 170 g/mol. The molecule has 0 spiro atoms. The summed E-state index contributed by atoms with van der Waals surface area (Å²) in [7, 11) is 0. The zero-order valence-electron chi connectivity index (χ0n) is 7.41. The van der Waals surface area contributed by atoms with Gasteiger partial charge in [0.05, 0.1) is 12.0 Å². The minimum absolute atomic E-state index is 0.0626. The summed E-state index contributed by atoms with van der Waals surface area (Å²) < 4.78 is 0. The molecule has 1 aromatic heterocycles. The first-order valence-corrected chi connectivity index (χ1v) is 4.28. The predicted molar refractivity (Wildman–Crippen MR) is 52.3 cm³/mol. The smallest absolute Gasteiger partial charge is 0.0834 e. The quantitative estimate of drug-likeness (QED) is 0.702. The molecule has 13 heavy (non-hydrogen) atoms. The predicted octanol–water partition coefficient (Wildman–Crippen LogP) is 2.79. The van der Waals surface area contributed by atoms with Crippen LogP contribution in [-0.4, -0.2) is 4.98 Å². The van der Waals surface area contributed by atoms with Gasteiger partial charge in [-0.15, -0.1) is 0 Å². The van der Waals surface area contributed by atoms with Crippen LogP contribution in [0, 0.1) is 11.3 Å². The standard InChI is InChI=1S/C11H10N2/c1-8(7-12)11-6-9-4-2-3-5-10(9)13-11/h2-6,8,13H,1H3/t8-/m0/s1. The van der Waals surface area contributed by atoms with Crippen molar-refractivity contribution in [2.75, 3.05) is 0 Å². The van der Waals surface area contributed by atoms with Crippen molar-refractivity contribution in [2.45, 2.75) is 12.8 Å². The molecule has 0 amide bonds. The molecule has 2 nitrogen and oxygen atoms in total. The first-order chi connectivity index (χ1) is 6.31. The number of nitrogens with zero attached hydrogens (tertiary/aromatic N) is 1. The average Bonchev–Trinajstić information content (AvgIpc) is 2.59. The van der Waals surface area contributed by atoms with Crippen LogP contribution in [0.1, 0.15) is 18.5 Å². The van der Waals surface area contributed by atoms with Gasteiger partial charge in [-0.2, -0.15) is 5.26 Å². The summed E-state index contributed by atoms with van der Waals surface area (Å²) in [5.41, 5.74) is 2.09. The largest absolute Gasteiger partial charge is 0.357 e. The minimum Gasteiger partial charge on any atom is -0.357 e. The second-order valence-electron chi connectivity index (χ2n) is 3.16. The highest BCUT2D eigenvalue weighted by atomic mass is 14.7. The molecule has 0 saturated heterocycles. The number of fused-ring (bicyclic) bond motifs is 1. The first-order valence-electron chi connectivity index (χ1n) is 4.28. The van der Waals surface area contributed by atoms with E-state index in [9.17, 15) is 0 Å². The number of hydrogen-bond donors (Lipinski definition) is 1. The molecule has 2 aromatic rings. The number of rotatable bonds is 1. The lowest BCUT2D eigenvalue weighted by molar-refractivity contribution is 0.941. The van der Waals surface area contributed by atoms with Crippen molar-refractivity contribution in [1.29, 1.82) is 5.26 Å². The summed E-state index contributed by atoms with van der Waals surface area (Å²) in [4.78, 5) is 3.22. The van der Waals surface area contributed by atoms with Crippen molar-refractivity contribution in [3.05, 3.63) is 36.0 Å². The molecule has 0 unspecified atom stereocenters. The summed E-state index contributed by atoms with van der Waals surface area (Å²) in [5, 5.41) is 9.91. The van der Waals surface area contributed by atoms with Crippen molar-refractivity contribution in [3.63, 3.8) is 0 Å². The van der Waals surface area contributed by atoms with Gasteiger partial charge in [0.15, 0.2) is 0 Å². The molecule has 0 bridgehead atoms. The molecule has 1 aromatic carbocycles. The van der Waals surface area contributed by atoms with Crippen molar-refractivity contribution in [2.24, 2.45) is 0 Å². The number of H-pyrrole nitrogens is 1. The van der Waals surface area contributed by atoms with Gasteiger partial charge in [-0.05, 0) is 24.4 Å². The van der Waals surface area contributed by atoms with Crippen LogP contribution in [-0.2, 0) is 0 Å². The van der Waals surface area contributed by atoms with Crippen molar-refractivity contribution in [1.82, 2.24) is 4.98 Å². The summed E-state index contributed by atoms with van der Waals surface area (Å²) >= 11 is 0. The van der Waals surface area contributed by atoms with Gasteiger partial charge in [0, 0.05) is 11.2 Å². The van der Waals surface area contributed by atoms with Gasteiger partial charge < -0.3 is 4.98 Å². The fourth-order valence-corrected chi connectivity index (χ4v) is 1.40. The number of nitriles is 1. The van der Waals surface area contributed by atoms with Gasteiger partial charge in [-0.1, -0.05) is 18.2 Å². The Hall–Kier alpha value is -1.75. The molecule has 0 radical (unpaired) electrons. The van der Waals surface area contributed by atoms with E-state index in [0.29, 0.717) is 0 Å². The summed E-state index contributed by atoms with van der Waals surface area (Å²) in [6.45, 7) is 1.89. The van der Waals surface area contributed by atoms with Crippen LogP contribution in [0.3, 0.4) is 0 Å². The topological polar surface area (TPSA) is 39.6 Å². The van der Waals surface area contributed by atoms with E-state index in [2.05, 4.69) is 11.1 Å². The van der Waals surface area contributed by atoms with E-state index in [0.717, 1.165) is 11.2 Å². The Labute approximate surface area is 76.8 Å². The van der Waals surface area contributed by atoms with E-state index >= 15 is 0 Å². The third-order valence-electron chi connectivity index (χ3n) is 2.21. The van der Waals surface area contributed by atoms with E-state index in [1.54, 1.807) is 0 Å². The lowest BCUT2D eigenvalue weighted by Crippen LogP contribution is -1.87. The third kappa shape index (κ3) is 1.29. The van der Waals surface area contributed by atoms with Gasteiger partial charge in [-0.3, -0.25) is 0 Å². The molecule has 64 valence electrons. The maximum atomic E-state index is 8.74. The zero-order valence-corrected chi connectivity index (χ0v) is 7.41. The van der Waals surface area contributed by atoms with Crippen molar-refractivity contribution < 1.29 is 0 Å². The molecule has 2 heteroatoms. The number of para-hydroxylation sites is 1. The number of benzene rings is 1. The molecule has 0 aliphatic rings. The molecule has 0 aliphatic heterocycles. The molecule has 0 fully saturated rings. The maximum absolute atomic E-state index is 8.74. The number of aromatic amines is 1. The second-order valence-corrected chi connectivity index (χ2v) is 3.16. The Morgan fingerprint density at radius 3 is 2.85 bits per heavy atom. The van der Waals surface area contributed by atoms with Crippen molar-refractivity contribution in [3.8, 4) is 6.07 Å². The fraction of sp³-hybridized carbons (Fsp3) is 0.182. The molecular weight excluding hydrogens is 160 g/mol. The third-order valence-corrected chi connectivity index (χ3v) is 2.21. The molecule has 1 heterocycles. The second kappa shape index (κ2) is 2.95. The molecule has 0 saturated carbocycles. The highest BCUT2D eigenvalue weighted by Gasteiger charge is 2.06. The SMILES string of the molecule is C[C@@H](C#N)c1cc2ccccc2[nH]1. The fourth-order valence-electron chi connectivity index (χ4n) is 1.40. The summed E-state index contributed by atoms with van der Waals surface area (Å²) in [6.07, 6.45) is 0. The van der Waals surface area contributed by atoms with Gasteiger partial charge >= 0.3 is 0 Å². The van der Waals surface area contributed by atoms with E-state index in [1.165, 1.54) is 5.39 Å². The van der Waals surface area contributed by atoms with Crippen LogP contribution in [0.4, 0.5) is 0 Å². The van der Waals surface area contributed by atoms with Crippen LogP contribution in [0.15, 0.2) is 30.3 Å². The summed E-state index contributed by atoms with van der Waals surface area (Å²) in [6, 6.07) is 12.3. The van der Waals surface area contributed by atoms with Gasteiger partial charge in [0.2, 0.25) is 0 Å². The van der Waals surface area contributed by atoms with E-state index in [4.69, 9.17) is 5.26 Å². The van der Waals surface area contributed by atoms with Gasteiger partial charge in [-0.25, -0.2) is 0 Å². The van der Waals surface area contributed by atoms with E-state index in [1.807, 2.05) is 37.3 Å². The van der Waals surface area contributed by atoms with E-state index < -0.39 is 0 Å². The Kier molecular flexibility index (Phi) is 1.79. The van der Waals surface area contributed by atoms with Gasteiger partial charge in [0.25, 0.3) is 0 Å². The van der Waals surface area contributed by atoms with Gasteiger partial charge in [0.1, 0.15) is 0 Å². The molecule has 1 N–H and O–H groups in total. The average molecular weight is 170 g/mol. The molecule has 1 atom stereocenters. The lowest BCUT2D eigenvalue weighted by Gasteiger charge is -1.94. The van der Waals surface area contributed by atoms with Crippen molar-refractivity contribution >= 4 is 10.9 Å². The Bertz CT molecular complexity index is 429. The minimum atomic E-state index is -0.0626. The van der Waals surface area contributed by atoms with Crippen LogP contribution in [0.2, 0.25) is 0 Å². The highest BCUT2D eigenvalue weighted by Crippen LogP contribution is 2.20. The van der Waals surface area contributed by atoms with Crippen LogP contribution in [0.25, 0.3) is 10.9 Å². The number of hydrogen-bond acceptors (Lipinski definition) is 1. The number of aromatic nitrogens is 1. The normalized spacial score (nSPS) is 12.6. The molecule has 0 aliphatic carbocycles. The van der Waals surface area contributed by atoms with Crippen LogP contribution < -0.4 is 0 Å². The Morgan fingerprint density at radius 2 is 2.15 bits per heavy atom.